The molecule has 0 aromatic rings. The number of carbonyl (C=O) groups excluding carboxylic acids is 1. The van der Waals surface area contributed by atoms with Gasteiger partial charge in [0.25, 0.3) is 0 Å². The number of nitrogens with zero attached hydrogens (tertiary/aromatic N) is 2. The third-order valence-electron chi connectivity index (χ3n) is 1.56. The van der Waals surface area contributed by atoms with Crippen molar-refractivity contribution in [2.24, 2.45) is 0 Å². The molecule has 12 heavy (non-hydrogen) atoms. The van der Waals surface area contributed by atoms with Crippen LogP contribution in [0, 0.1) is 0 Å². The van der Waals surface area contributed by atoms with Gasteiger partial charge in [0.15, 0.2) is 0 Å². The monoisotopic (exact) mass is 175 g/mol. The first-order valence-corrected chi connectivity index (χ1v) is 3.76. The Labute approximate surface area is 70.6 Å². The molecule has 0 atom stereocenters. The molecule has 0 unspecified atom stereocenters. The molecule has 1 saturated heterocycles. The van der Waals surface area contributed by atoms with Crippen molar-refractivity contribution in [1.82, 2.24) is 15.5 Å². The van der Waals surface area contributed by atoms with Crippen LogP contribution >= 0.6 is 0 Å². The zero-order valence-electron chi connectivity index (χ0n) is 6.99. The Morgan fingerprint density at radius 1 is 1.58 bits per heavy atom. The first-order valence-electron chi connectivity index (χ1n) is 3.76. The predicted molar refractivity (Wildman–Crippen MR) is 40.5 cm³/mol. The fraction of sp³-hybridized carbons (Fsp3) is 0.833. The quantitative estimate of drug-likeness (QED) is 0.407. The van der Waals surface area contributed by atoms with E-state index in [1.54, 1.807) is 5.01 Å². The highest BCUT2D eigenvalue weighted by Gasteiger charge is 2.14. The Bertz CT molecular complexity index is 156. The Hall–Kier alpha value is -0.850. The number of morpholine rings is 1. The number of hydrogen-bond acceptors (Lipinski definition) is 4. The van der Waals surface area contributed by atoms with Crippen LogP contribution in [0.4, 0.5) is 4.79 Å². The highest BCUT2D eigenvalue weighted by molar-refractivity contribution is 5.71. The fourth-order valence-electron chi connectivity index (χ4n) is 0.883. The van der Waals surface area contributed by atoms with Gasteiger partial charge in [-0.1, -0.05) is 0 Å². The van der Waals surface area contributed by atoms with E-state index < -0.39 is 6.03 Å². The van der Waals surface area contributed by atoms with Crippen LogP contribution in [0.15, 0.2) is 0 Å². The maximum absolute atomic E-state index is 10.9. The zero-order valence-corrected chi connectivity index (χ0v) is 6.99. The van der Waals surface area contributed by atoms with Crippen molar-refractivity contribution >= 4 is 6.03 Å². The Morgan fingerprint density at radius 2 is 2.17 bits per heavy atom. The number of hydrazine groups is 1. The van der Waals surface area contributed by atoms with Gasteiger partial charge in [-0.05, 0) is 0 Å². The van der Waals surface area contributed by atoms with E-state index >= 15 is 0 Å². The topological polar surface area (TPSA) is 65.0 Å². The summed E-state index contributed by atoms with van der Waals surface area (Å²) >= 11 is 0. The number of hydrogen-bond donors (Lipinski definition) is 2. The summed E-state index contributed by atoms with van der Waals surface area (Å²) in [6.45, 7) is 2.52. The maximum Gasteiger partial charge on any atom is 0.355 e. The molecule has 1 fully saturated rings. The molecular weight excluding hydrogens is 162 g/mol. The van der Waals surface area contributed by atoms with E-state index in [4.69, 9.17) is 9.94 Å². The van der Waals surface area contributed by atoms with E-state index in [1.165, 1.54) is 7.05 Å². The second-order valence-corrected chi connectivity index (χ2v) is 2.54. The van der Waals surface area contributed by atoms with E-state index in [9.17, 15) is 4.79 Å². The molecule has 1 heterocycles. The van der Waals surface area contributed by atoms with E-state index in [0.717, 1.165) is 0 Å². The highest BCUT2D eigenvalue weighted by atomic mass is 16.5. The van der Waals surface area contributed by atoms with Gasteiger partial charge in [0, 0.05) is 20.1 Å². The lowest BCUT2D eigenvalue weighted by atomic mass is 10.5. The van der Waals surface area contributed by atoms with Crippen LogP contribution in [0.5, 0.6) is 0 Å². The number of nitrogens with one attached hydrogen (secondary N) is 1. The standard InChI is InChI=1S/C6H13N3O3/c1-8(11)6(10)7-9-2-4-12-5-3-9/h11H,2-5H2,1H3,(H,7,10). The van der Waals surface area contributed by atoms with Crippen LogP contribution < -0.4 is 5.43 Å². The molecule has 0 aliphatic carbocycles. The molecule has 0 spiro atoms. The van der Waals surface area contributed by atoms with E-state index in [2.05, 4.69) is 5.43 Å². The van der Waals surface area contributed by atoms with Crippen molar-refractivity contribution in [3.63, 3.8) is 0 Å². The molecule has 0 aromatic heterocycles. The van der Waals surface area contributed by atoms with Crippen molar-refractivity contribution < 1.29 is 14.7 Å². The maximum atomic E-state index is 10.9. The van der Waals surface area contributed by atoms with Crippen LogP contribution in [0.25, 0.3) is 0 Å². The second-order valence-electron chi connectivity index (χ2n) is 2.54. The SMILES string of the molecule is CN(O)C(=O)NN1CCOCC1. The molecule has 70 valence electrons. The molecule has 6 nitrogen and oxygen atoms in total. The van der Waals surface area contributed by atoms with Crippen molar-refractivity contribution in [1.29, 1.82) is 0 Å². The molecule has 0 bridgehead atoms. The van der Waals surface area contributed by atoms with Gasteiger partial charge in [0.1, 0.15) is 0 Å². The van der Waals surface area contributed by atoms with Gasteiger partial charge in [-0.15, -0.1) is 0 Å². The number of carbonyl (C=O) groups is 1. The van der Waals surface area contributed by atoms with Gasteiger partial charge in [-0.3, -0.25) is 10.6 Å². The minimum absolute atomic E-state index is 0.509. The summed E-state index contributed by atoms with van der Waals surface area (Å²) in [5, 5.41) is 10.9. The fourth-order valence-corrected chi connectivity index (χ4v) is 0.883. The summed E-state index contributed by atoms with van der Waals surface area (Å²) in [4.78, 5) is 10.9. The largest absolute Gasteiger partial charge is 0.379 e. The summed E-state index contributed by atoms with van der Waals surface area (Å²) in [5.41, 5.74) is 2.51. The second kappa shape index (κ2) is 4.24. The van der Waals surface area contributed by atoms with Crippen LogP contribution in [-0.4, -0.2) is 54.7 Å². The van der Waals surface area contributed by atoms with Gasteiger partial charge < -0.3 is 4.74 Å². The average Bonchev–Trinajstić information content (AvgIpc) is 2.06. The zero-order chi connectivity index (χ0) is 8.97. The van der Waals surface area contributed by atoms with Crippen molar-refractivity contribution in [2.75, 3.05) is 33.4 Å². The Kier molecular flexibility index (Phi) is 3.27. The minimum atomic E-state index is -0.531. The smallest absolute Gasteiger partial charge is 0.355 e. The van der Waals surface area contributed by atoms with Crippen LogP contribution in [0.2, 0.25) is 0 Å². The number of amides is 2. The molecule has 0 aromatic carbocycles. The molecule has 1 aliphatic heterocycles. The molecule has 1 aliphatic rings. The highest BCUT2D eigenvalue weighted by Crippen LogP contribution is 1.92. The average molecular weight is 175 g/mol. The normalized spacial score (nSPS) is 18.8. The molecule has 1 rings (SSSR count). The van der Waals surface area contributed by atoms with Gasteiger partial charge in [0.05, 0.1) is 13.2 Å². The minimum Gasteiger partial charge on any atom is -0.379 e. The third kappa shape index (κ3) is 2.65. The third-order valence-corrected chi connectivity index (χ3v) is 1.56. The summed E-state index contributed by atoms with van der Waals surface area (Å²) < 4.78 is 5.07. The van der Waals surface area contributed by atoms with Gasteiger partial charge in [0.2, 0.25) is 0 Å². The summed E-state index contributed by atoms with van der Waals surface area (Å²) in [5.74, 6) is 0. The number of urea groups is 1. The molecule has 0 radical (unpaired) electrons. The van der Waals surface area contributed by atoms with Crippen LogP contribution in [-0.2, 0) is 4.74 Å². The Balaban J connectivity index is 2.24. The predicted octanol–water partition coefficient (Wildman–Crippen LogP) is -0.736. The van der Waals surface area contributed by atoms with Crippen LogP contribution in [0.1, 0.15) is 0 Å². The van der Waals surface area contributed by atoms with E-state index in [-0.39, 0.29) is 0 Å². The van der Waals surface area contributed by atoms with Gasteiger partial charge >= 0.3 is 6.03 Å². The first-order chi connectivity index (χ1) is 5.70. The summed E-state index contributed by atoms with van der Waals surface area (Å²) in [6, 6.07) is -0.531. The number of ether oxygens (including phenoxy) is 1. The lowest BCUT2D eigenvalue weighted by Gasteiger charge is -2.27. The lowest BCUT2D eigenvalue weighted by molar-refractivity contribution is -0.0380. The number of rotatable bonds is 1. The molecule has 0 saturated carbocycles. The molecule has 6 heteroatoms. The van der Waals surface area contributed by atoms with Crippen molar-refractivity contribution in [2.45, 2.75) is 0 Å². The van der Waals surface area contributed by atoms with E-state index in [0.29, 0.717) is 31.4 Å². The first kappa shape index (κ1) is 9.24. The summed E-state index contributed by atoms with van der Waals surface area (Å²) in [7, 11) is 1.27. The molecule has 2 N–H and O–H groups in total. The lowest BCUT2D eigenvalue weighted by Crippen LogP contribution is -2.51. The molecular formula is C6H13N3O3. The van der Waals surface area contributed by atoms with Gasteiger partial charge in [-0.25, -0.2) is 14.9 Å². The van der Waals surface area contributed by atoms with Crippen molar-refractivity contribution in [3.8, 4) is 0 Å². The molecule has 2 amide bonds. The van der Waals surface area contributed by atoms with E-state index in [1.807, 2.05) is 0 Å². The van der Waals surface area contributed by atoms with Crippen molar-refractivity contribution in [3.05, 3.63) is 0 Å². The Morgan fingerprint density at radius 3 is 2.67 bits per heavy atom. The van der Waals surface area contributed by atoms with Gasteiger partial charge in [-0.2, -0.15) is 0 Å². The summed E-state index contributed by atoms with van der Waals surface area (Å²) in [6.07, 6.45) is 0. The van der Waals surface area contributed by atoms with Crippen LogP contribution in [0.3, 0.4) is 0 Å². The number of hydroxylamine groups is 2.